The zero-order valence-corrected chi connectivity index (χ0v) is 15.0. The van der Waals surface area contributed by atoms with Crippen molar-refractivity contribution in [2.75, 3.05) is 32.7 Å². The van der Waals surface area contributed by atoms with E-state index in [4.69, 9.17) is 0 Å². The van der Waals surface area contributed by atoms with Crippen LogP contribution in [0, 0.1) is 17.7 Å². The van der Waals surface area contributed by atoms with Crippen LogP contribution in [0.3, 0.4) is 0 Å². The van der Waals surface area contributed by atoms with Crippen molar-refractivity contribution in [1.29, 1.82) is 0 Å². The van der Waals surface area contributed by atoms with Crippen LogP contribution in [0.2, 0.25) is 0 Å². The summed E-state index contributed by atoms with van der Waals surface area (Å²) >= 11 is 0. The van der Waals surface area contributed by atoms with E-state index in [-0.39, 0.29) is 7.24 Å². The van der Waals surface area contributed by atoms with E-state index in [1.807, 2.05) is 12.1 Å². The largest absolute Gasteiger partial charge is 0.316 e. The average molecular weight is 323 g/mol. The lowest BCUT2D eigenvalue weighted by molar-refractivity contribution is 0.187. The number of halogens is 1. The molecule has 0 radical (unpaired) electrons. The van der Waals surface area contributed by atoms with Crippen LogP contribution in [-0.2, 0) is 0 Å². The van der Waals surface area contributed by atoms with E-state index < -0.39 is 0 Å². The Balaban J connectivity index is 0.000000522. The van der Waals surface area contributed by atoms with Crippen LogP contribution in [0.4, 0.5) is 4.39 Å². The number of piperidine rings is 1. The van der Waals surface area contributed by atoms with Crippen LogP contribution in [-0.4, -0.2) is 37.6 Å². The van der Waals surface area contributed by atoms with Gasteiger partial charge in [0.2, 0.25) is 0 Å². The molecule has 0 aromatic heterocycles. The van der Waals surface area contributed by atoms with Gasteiger partial charge in [-0.15, -0.1) is 0 Å². The third kappa shape index (κ3) is 6.60. The third-order valence-electron chi connectivity index (χ3n) is 4.61. The smallest absolute Gasteiger partial charge is 0.123 e. The summed E-state index contributed by atoms with van der Waals surface area (Å²) < 4.78 is 12.9. The molecule has 0 aliphatic carbocycles. The Hall–Kier alpha value is -0.930. The lowest BCUT2D eigenvalue weighted by Gasteiger charge is -2.33. The summed E-state index contributed by atoms with van der Waals surface area (Å²) in [4.78, 5) is 2.61. The SMILES string of the molecule is CC(C)C.Fc1ccc(C2CCN(CC3CCNC3)CC2)cc1.[HH]. The van der Waals surface area contributed by atoms with Crippen LogP contribution >= 0.6 is 0 Å². The fourth-order valence-corrected chi connectivity index (χ4v) is 3.42. The maximum atomic E-state index is 12.9. The minimum absolute atomic E-state index is 0. The zero-order valence-electron chi connectivity index (χ0n) is 15.0. The molecule has 1 N–H and O–H groups in total. The van der Waals surface area contributed by atoms with Crippen LogP contribution in [0.15, 0.2) is 24.3 Å². The highest BCUT2D eigenvalue weighted by Crippen LogP contribution is 2.28. The fourth-order valence-electron chi connectivity index (χ4n) is 3.42. The van der Waals surface area contributed by atoms with E-state index in [0.29, 0.717) is 5.92 Å². The van der Waals surface area contributed by atoms with Crippen LogP contribution < -0.4 is 5.32 Å². The van der Waals surface area contributed by atoms with Crippen molar-refractivity contribution in [3.8, 4) is 0 Å². The van der Waals surface area contributed by atoms with Crippen molar-refractivity contribution in [3.63, 3.8) is 0 Å². The number of benzene rings is 1. The molecule has 2 fully saturated rings. The lowest BCUT2D eigenvalue weighted by Crippen LogP contribution is -2.37. The van der Waals surface area contributed by atoms with Crippen molar-refractivity contribution in [2.45, 2.75) is 46.0 Å². The normalized spacial score (nSPS) is 22.9. The molecule has 3 rings (SSSR count). The highest BCUT2D eigenvalue weighted by molar-refractivity contribution is 5.21. The second kappa shape index (κ2) is 9.39. The van der Waals surface area contributed by atoms with E-state index in [1.165, 1.54) is 57.5 Å². The maximum absolute atomic E-state index is 12.9. The van der Waals surface area contributed by atoms with Gasteiger partial charge in [0.05, 0.1) is 0 Å². The van der Waals surface area contributed by atoms with Gasteiger partial charge in [-0.2, -0.15) is 0 Å². The Bertz CT molecular complexity index is 433. The summed E-state index contributed by atoms with van der Waals surface area (Å²) in [5.74, 6) is 2.18. The van der Waals surface area contributed by atoms with Crippen molar-refractivity contribution in [2.24, 2.45) is 11.8 Å². The first-order valence-electron chi connectivity index (χ1n) is 9.23. The van der Waals surface area contributed by atoms with E-state index in [2.05, 4.69) is 31.0 Å². The van der Waals surface area contributed by atoms with Gasteiger partial charge in [-0.1, -0.05) is 32.9 Å². The molecule has 2 aliphatic rings. The lowest BCUT2D eigenvalue weighted by atomic mass is 9.89. The van der Waals surface area contributed by atoms with Crippen molar-refractivity contribution in [3.05, 3.63) is 35.6 Å². The number of nitrogens with zero attached hydrogens (tertiary/aromatic N) is 1. The number of nitrogens with one attached hydrogen (secondary N) is 1. The van der Waals surface area contributed by atoms with Crippen LogP contribution in [0.1, 0.15) is 52.9 Å². The highest BCUT2D eigenvalue weighted by Gasteiger charge is 2.23. The first kappa shape index (κ1) is 18.4. The topological polar surface area (TPSA) is 15.3 Å². The van der Waals surface area contributed by atoms with E-state index in [0.717, 1.165) is 11.8 Å². The van der Waals surface area contributed by atoms with Crippen LogP contribution in [0.5, 0.6) is 0 Å². The number of hydrogen-bond acceptors (Lipinski definition) is 2. The molecule has 3 heteroatoms. The van der Waals surface area contributed by atoms with E-state index in [9.17, 15) is 4.39 Å². The van der Waals surface area contributed by atoms with Gasteiger partial charge in [0.25, 0.3) is 0 Å². The Morgan fingerprint density at radius 3 is 2.26 bits per heavy atom. The van der Waals surface area contributed by atoms with Gasteiger partial charge in [-0.25, -0.2) is 4.39 Å². The minimum Gasteiger partial charge on any atom is -0.316 e. The molecule has 0 spiro atoms. The second-order valence-electron chi connectivity index (χ2n) is 7.72. The molecular formula is C20H35FN2. The summed E-state index contributed by atoms with van der Waals surface area (Å²) in [6, 6.07) is 7.09. The first-order chi connectivity index (χ1) is 11.0. The Kier molecular flexibility index (Phi) is 7.51. The van der Waals surface area contributed by atoms with Gasteiger partial charge in [0.15, 0.2) is 0 Å². The third-order valence-corrected chi connectivity index (χ3v) is 4.61. The predicted molar refractivity (Wildman–Crippen MR) is 98.4 cm³/mol. The molecule has 0 bridgehead atoms. The molecule has 1 unspecified atom stereocenters. The van der Waals surface area contributed by atoms with Crippen molar-refractivity contribution < 1.29 is 5.82 Å². The summed E-state index contributed by atoms with van der Waals surface area (Å²) in [6.07, 6.45) is 3.76. The summed E-state index contributed by atoms with van der Waals surface area (Å²) in [5, 5.41) is 3.44. The Morgan fingerprint density at radius 2 is 1.74 bits per heavy atom. The summed E-state index contributed by atoms with van der Waals surface area (Å²) in [7, 11) is 0. The van der Waals surface area contributed by atoms with E-state index in [1.54, 1.807) is 12.1 Å². The van der Waals surface area contributed by atoms with Crippen molar-refractivity contribution in [1.82, 2.24) is 10.2 Å². The number of hydrogen-bond donors (Lipinski definition) is 1. The van der Waals surface area contributed by atoms with Gasteiger partial charge >= 0.3 is 0 Å². The molecule has 1 aromatic carbocycles. The highest BCUT2D eigenvalue weighted by atomic mass is 19.1. The second-order valence-corrected chi connectivity index (χ2v) is 7.72. The zero-order chi connectivity index (χ0) is 16.7. The Labute approximate surface area is 142 Å². The first-order valence-corrected chi connectivity index (χ1v) is 9.23. The molecule has 132 valence electrons. The van der Waals surface area contributed by atoms with Gasteiger partial charge in [-0.05, 0) is 80.9 Å². The van der Waals surface area contributed by atoms with Crippen molar-refractivity contribution >= 4 is 0 Å². The quantitative estimate of drug-likeness (QED) is 0.880. The summed E-state index contributed by atoms with van der Waals surface area (Å²) in [5.41, 5.74) is 1.31. The number of likely N-dealkylation sites (tertiary alicyclic amines) is 1. The maximum Gasteiger partial charge on any atom is 0.123 e. The molecular weight excluding hydrogens is 287 g/mol. The Morgan fingerprint density at radius 1 is 1.13 bits per heavy atom. The van der Waals surface area contributed by atoms with Gasteiger partial charge < -0.3 is 10.2 Å². The summed E-state index contributed by atoms with van der Waals surface area (Å²) in [6.45, 7) is 12.5. The molecule has 23 heavy (non-hydrogen) atoms. The van der Waals surface area contributed by atoms with E-state index >= 15 is 0 Å². The molecule has 0 amide bonds. The van der Waals surface area contributed by atoms with Crippen LogP contribution in [0.25, 0.3) is 0 Å². The monoisotopic (exact) mass is 322 g/mol. The van der Waals surface area contributed by atoms with Gasteiger partial charge in [0, 0.05) is 7.97 Å². The molecule has 2 saturated heterocycles. The number of rotatable bonds is 3. The minimum atomic E-state index is -0.130. The molecule has 2 nitrogen and oxygen atoms in total. The molecule has 1 atom stereocenters. The predicted octanol–water partition coefficient (Wildman–Crippen LogP) is 4.52. The standard InChI is InChI=1S/C16H23FN2.C4H10.H2/c17-16-3-1-14(2-4-16)15-6-9-19(10-7-15)12-13-5-8-18-11-13;1-4(2)3;/h1-4,13,15,18H,5-12H2;4H,1-3H3;1H. The molecule has 1 aromatic rings. The fraction of sp³-hybridized carbons (Fsp3) is 0.700. The van der Waals surface area contributed by atoms with Gasteiger partial charge in [0.1, 0.15) is 5.82 Å². The molecule has 2 aliphatic heterocycles. The average Bonchev–Trinajstić information content (AvgIpc) is 3.01. The van der Waals surface area contributed by atoms with Gasteiger partial charge in [-0.3, -0.25) is 0 Å². The molecule has 2 heterocycles. The molecule has 0 saturated carbocycles.